The van der Waals surface area contributed by atoms with E-state index in [1.54, 1.807) is 85.8 Å². The van der Waals surface area contributed by atoms with Crippen molar-refractivity contribution >= 4 is 46.9 Å². The van der Waals surface area contributed by atoms with Gasteiger partial charge in [0, 0.05) is 27.4 Å². The first kappa shape index (κ1) is 32.9. The van der Waals surface area contributed by atoms with E-state index in [4.69, 9.17) is 4.74 Å². The lowest BCUT2D eigenvalue weighted by atomic mass is 10.1. The summed E-state index contributed by atoms with van der Waals surface area (Å²) in [6, 6.07) is 26.7. The Hall–Kier alpha value is -5.03. The lowest BCUT2D eigenvalue weighted by molar-refractivity contribution is -0.137. The number of ether oxygens (including phenoxy) is 1. The van der Waals surface area contributed by atoms with Crippen molar-refractivity contribution in [1.82, 2.24) is 5.32 Å². The molecule has 1 unspecified atom stereocenters. The molecular formula is C34H30F3N3O4S. The molecule has 0 aliphatic carbocycles. The maximum Gasteiger partial charge on any atom is 0.416 e. The molecule has 1 atom stereocenters. The first-order chi connectivity index (χ1) is 21.5. The Morgan fingerprint density at radius 3 is 2.22 bits per heavy atom. The number of hydrogen-bond donors (Lipinski definition) is 3. The second-order valence-electron chi connectivity index (χ2n) is 9.66. The van der Waals surface area contributed by atoms with Crippen LogP contribution < -0.4 is 20.7 Å². The fraction of sp³-hybridized carbons (Fsp3) is 0.147. The van der Waals surface area contributed by atoms with E-state index in [-0.39, 0.29) is 11.4 Å². The van der Waals surface area contributed by atoms with Gasteiger partial charge in [0.15, 0.2) is 0 Å². The highest BCUT2D eigenvalue weighted by atomic mass is 32.2. The SMILES string of the molecule is CCOc1ccccc1/C=C(\NC(=O)c1ccccc1)C(=O)Nc1ccc(SC(C)C(=O)Nc2cccc(C(F)(F)F)c2)cc1. The van der Waals surface area contributed by atoms with E-state index < -0.39 is 34.7 Å². The number of anilines is 2. The summed E-state index contributed by atoms with van der Waals surface area (Å²) in [4.78, 5) is 39.7. The molecule has 4 aromatic rings. The Bertz CT molecular complexity index is 1680. The molecule has 0 aliphatic heterocycles. The first-order valence-electron chi connectivity index (χ1n) is 13.9. The molecule has 45 heavy (non-hydrogen) atoms. The molecule has 4 aromatic carbocycles. The zero-order valence-corrected chi connectivity index (χ0v) is 25.2. The summed E-state index contributed by atoms with van der Waals surface area (Å²) < 4.78 is 44.7. The maximum atomic E-state index is 13.4. The highest BCUT2D eigenvalue weighted by Crippen LogP contribution is 2.31. The van der Waals surface area contributed by atoms with Gasteiger partial charge in [-0.3, -0.25) is 14.4 Å². The number of alkyl halides is 3. The number of nitrogens with one attached hydrogen (secondary N) is 3. The number of para-hydroxylation sites is 1. The minimum absolute atomic E-state index is 0.00524. The molecule has 0 aromatic heterocycles. The summed E-state index contributed by atoms with van der Waals surface area (Å²) in [5.41, 5.74) is 0.600. The lowest BCUT2D eigenvalue weighted by Gasteiger charge is -2.15. The van der Waals surface area contributed by atoms with Gasteiger partial charge in [0.05, 0.1) is 17.4 Å². The van der Waals surface area contributed by atoms with Crippen molar-refractivity contribution in [2.75, 3.05) is 17.2 Å². The average molecular weight is 634 g/mol. The average Bonchev–Trinajstić information content (AvgIpc) is 3.02. The lowest BCUT2D eigenvalue weighted by Crippen LogP contribution is -2.30. The van der Waals surface area contributed by atoms with Gasteiger partial charge in [0.2, 0.25) is 5.91 Å². The Morgan fingerprint density at radius 2 is 1.53 bits per heavy atom. The molecule has 0 saturated heterocycles. The normalized spacial score (nSPS) is 12.2. The number of benzene rings is 4. The quantitative estimate of drug-likeness (QED) is 0.117. The summed E-state index contributed by atoms with van der Waals surface area (Å²) in [6.45, 7) is 3.89. The second kappa shape index (κ2) is 15.1. The summed E-state index contributed by atoms with van der Waals surface area (Å²) in [6.07, 6.45) is -2.98. The molecule has 0 bridgehead atoms. The number of halogens is 3. The van der Waals surface area contributed by atoms with E-state index in [1.165, 1.54) is 30.0 Å². The van der Waals surface area contributed by atoms with Gasteiger partial charge in [-0.15, -0.1) is 11.8 Å². The van der Waals surface area contributed by atoms with Gasteiger partial charge in [-0.25, -0.2) is 0 Å². The van der Waals surface area contributed by atoms with Crippen molar-refractivity contribution in [2.24, 2.45) is 0 Å². The molecule has 0 fully saturated rings. The van der Waals surface area contributed by atoms with Gasteiger partial charge in [0.25, 0.3) is 11.8 Å². The second-order valence-corrected chi connectivity index (χ2v) is 11.1. The fourth-order valence-corrected chi connectivity index (χ4v) is 4.94. The number of carbonyl (C=O) groups excluding carboxylic acids is 3. The minimum atomic E-state index is -4.52. The van der Waals surface area contributed by atoms with Crippen LogP contribution in [0, 0.1) is 0 Å². The Kier molecular flexibility index (Phi) is 11.0. The van der Waals surface area contributed by atoms with Crippen molar-refractivity contribution in [3.63, 3.8) is 0 Å². The fourth-order valence-electron chi connectivity index (χ4n) is 4.07. The summed E-state index contributed by atoms with van der Waals surface area (Å²) in [7, 11) is 0. The van der Waals surface area contributed by atoms with Crippen LogP contribution in [0.3, 0.4) is 0 Å². The van der Waals surface area contributed by atoms with Crippen LogP contribution >= 0.6 is 11.8 Å². The van der Waals surface area contributed by atoms with Gasteiger partial charge in [-0.2, -0.15) is 13.2 Å². The minimum Gasteiger partial charge on any atom is -0.493 e. The molecule has 4 rings (SSSR count). The van der Waals surface area contributed by atoms with Crippen LogP contribution in [0.5, 0.6) is 5.75 Å². The summed E-state index contributed by atoms with van der Waals surface area (Å²) >= 11 is 1.20. The smallest absolute Gasteiger partial charge is 0.416 e. The number of amides is 3. The number of carbonyl (C=O) groups is 3. The molecule has 3 N–H and O–H groups in total. The molecular weight excluding hydrogens is 603 g/mol. The van der Waals surface area contributed by atoms with E-state index in [9.17, 15) is 27.6 Å². The van der Waals surface area contributed by atoms with Gasteiger partial charge in [-0.05, 0) is 80.6 Å². The van der Waals surface area contributed by atoms with E-state index in [0.29, 0.717) is 34.1 Å². The van der Waals surface area contributed by atoms with Crippen molar-refractivity contribution in [3.8, 4) is 5.75 Å². The monoisotopic (exact) mass is 633 g/mol. The van der Waals surface area contributed by atoms with Crippen molar-refractivity contribution in [3.05, 3.63) is 126 Å². The Balaban J connectivity index is 1.45. The molecule has 7 nitrogen and oxygen atoms in total. The van der Waals surface area contributed by atoms with Crippen LogP contribution in [0.25, 0.3) is 6.08 Å². The van der Waals surface area contributed by atoms with Crippen LogP contribution in [0.4, 0.5) is 24.5 Å². The van der Waals surface area contributed by atoms with Crippen LogP contribution in [0.2, 0.25) is 0 Å². The van der Waals surface area contributed by atoms with Crippen LogP contribution in [0.15, 0.2) is 114 Å². The maximum absolute atomic E-state index is 13.4. The Morgan fingerprint density at radius 1 is 0.844 bits per heavy atom. The van der Waals surface area contributed by atoms with E-state index in [0.717, 1.165) is 12.1 Å². The highest BCUT2D eigenvalue weighted by molar-refractivity contribution is 8.00. The molecule has 3 amide bonds. The summed E-state index contributed by atoms with van der Waals surface area (Å²) in [5.74, 6) is -0.949. The van der Waals surface area contributed by atoms with Crippen molar-refractivity contribution in [2.45, 2.75) is 30.2 Å². The van der Waals surface area contributed by atoms with Crippen LogP contribution in [-0.4, -0.2) is 29.6 Å². The largest absolute Gasteiger partial charge is 0.493 e. The van der Waals surface area contributed by atoms with Crippen molar-refractivity contribution in [1.29, 1.82) is 0 Å². The number of rotatable bonds is 11. The molecule has 11 heteroatoms. The molecule has 0 spiro atoms. The number of thioether (sulfide) groups is 1. The predicted octanol–water partition coefficient (Wildman–Crippen LogP) is 7.63. The molecule has 0 radical (unpaired) electrons. The standard InChI is InChI=1S/C34H30F3N3O4S/c1-3-44-30-15-8-7-12-24(30)20-29(40-32(42)23-10-5-4-6-11-23)33(43)38-26-16-18-28(19-17-26)45-22(2)31(41)39-27-14-9-13-25(21-27)34(35,36)37/h4-22H,3H2,1-2H3,(H,38,43)(H,39,41)(H,40,42)/b29-20-. The highest BCUT2D eigenvalue weighted by Gasteiger charge is 2.30. The van der Waals surface area contributed by atoms with Gasteiger partial charge in [-0.1, -0.05) is 42.5 Å². The third kappa shape index (κ3) is 9.48. The zero-order valence-electron chi connectivity index (χ0n) is 24.4. The molecule has 232 valence electrons. The first-order valence-corrected chi connectivity index (χ1v) is 14.8. The van der Waals surface area contributed by atoms with Crippen LogP contribution in [0.1, 0.15) is 35.3 Å². The third-order valence-corrected chi connectivity index (χ3v) is 7.41. The van der Waals surface area contributed by atoms with Crippen molar-refractivity contribution < 1.29 is 32.3 Å². The number of hydrogen-bond acceptors (Lipinski definition) is 5. The molecule has 0 saturated carbocycles. The Labute approximate surface area is 262 Å². The van der Waals surface area contributed by atoms with Gasteiger partial charge in [0.1, 0.15) is 11.4 Å². The van der Waals surface area contributed by atoms with Crippen LogP contribution in [-0.2, 0) is 15.8 Å². The van der Waals surface area contributed by atoms with E-state index in [1.807, 2.05) is 6.92 Å². The van der Waals surface area contributed by atoms with E-state index >= 15 is 0 Å². The molecule has 0 aliphatic rings. The summed E-state index contributed by atoms with van der Waals surface area (Å²) in [5, 5.41) is 7.36. The van der Waals surface area contributed by atoms with Gasteiger partial charge < -0.3 is 20.7 Å². The van der Waals surface area contributed by atoms with Gasteiger partial charge >= 0.3 is 6.18 Å². The topological polar surface area (TPSA) is 96.5 Å². The molecule has 0 heterocycles. The third-order valence-electron chi connectivity index (χ3n) is 6.30. The predicted molar refractivity (Wildman–Crippen MR) is 170 cm³/mol. The van der Waals surface area contributed by atoms with E-state index in [2.05, 4.69) is 16.0 Å². The zero-order chi connectivity index (χ0) is 32.4.